The number of hydrogen-bond acceptors (Lipinski definition) is 2. The molecule has 2 rings (SSSR count). The van der Waals surface area contributed by atoms with E-state index >= 15 is 0 Å². The van der Waals surface area contributed by atoms with Crippen LogP contribution in [0, 0.1) is 12.7 Å². The van der Waals surface area contributed by atoms with E-state index in [1.54, 1.807) is 24.6 Å². The van der Waals surface area contributed by atoms with Crippen molar-refractivity contribution in [2.45, 2.75) is 6.92 Å². The molecular formula is C11H11ClFN3. The Labute approximate surface area is 97.7 Å². The molecule has 0 fully saturated rings. The van der Waals surface area contributed by atoms with Crippen molar-refractivity contribution in [1.82, 2.24) is 9.55 Å². The van der Waals surface area contributed by atoms with Crippen molar-refractivity contribution in [2.24, 2.45) is 7.05 Å². The van der Waals surface area contributed by atoms with Crippen LogP contribution in [0.2, 0.25) is 5.02 Å². The minimum absolute atomic E-state index is 0.337. The Morgan fingerprint density at radius 2 is 2.12 bits per heavy atom. The van der Waals surface area contributed by atoms with E-state index in [-0.39, 0.29) is 5.82 Å². The largest absolute Gasteiger partial charge is 0.369 e. The number of nitrogens with two attached hydrogens (primary N) is 1. The fourth-order valence-electron chi connectivity index (χ4n) is 1.71. The van der Waals surface area contributed by atoms with Gasteiger partial charge in [0, 0.05) is 17.6 Å². The van der Waals surface area contributed by atoms with Crippen LogP contribution in [0.25, 0.3) is 11.3 Å². The summed E-state index contributed by atoms with van der Waals surface area (Å²) in [6.07, 6.45) is 0. The van der Waals surface area contributed by atoms with Gasteiger partial charge in [0.05, 0.1) is 11.4 Å². The molecular weight excluding hydrogens is 229 g/mol. The van der Waals surface area contributed by atoms with Gasteiger partial charge in [0.25, 0.3) is 0 Å². The Bertz CT molecular complexity index is 548. The van der Waals surface area contributed by atoms with Crippen LogP contribution in [0.15, 0.2) is 18.2 Å². The van der Waals surface area contributed by atoms with Crippen LogP contribution in [0.4, 0.5) is 10.3 Å². The monoisotopic (exact) mass is 239 g/mol. The molecule has 5 heteroatoms. The molecule has 0 saturated heterocycles. The highest BCUT2D eigenvalue weighted by Crippen LogP contribution is 2.29. The highest BCUT2D eigenvalue weighted by Gasteiger charge is 2.15. The Morgan fingerprint density at radius 3 is 2.69 bits per heavy atom. The lowest BCUT2D eigenvalue weighted by atomic mass is 10.1. The van der Waals surface area contributed by atoms with Crippen molar-refractivity contribution in [1.29, 1.82) is 0 Å². The number of rotatable bonds is 1. The van der Waals surface area contributed by atoms with E-state index in [1.807, 2.05) is 0 Å². The van der Waals surface area contributed by atoms with Gasteiger partial charge in [0.2, 0.25) is 5.95 Å². The highest BCUT2D eigenvalue weighted by molar-refractivity contribution is 6.30. The highest BCUT2D eigenvalue weighted by atomic mass is 35.5. The topological polar surface area (TPSA) is 43.8 Å². The maximum Gasteiger partial charge on any atom is 0.200 e. The van der Waals surface area contributed by atoms with Crippen molar-refractivity contribution >= 4 is 17.5 Å². The molecule has 2 N–H and O–H groups in total. The number of nitrogens with zero attached hydrogens (tertiary/aromatic N) is 2. The van der Waals surface area contributed by atoms with Crippen molar-refractivity contribution in [3.63, 3.8) is 0 Å². The van der Waals surface area contributed by atoms with Crippen LogP contribution >= 0.6 is 11.6 Å². The summed E-state index contributed by atoms with van der Waals surface area (Å²) in [5, 5.41) is 0.482. The maximum absolute atomic E-state index is 13.7. The smallest absolute Gasteiger partial charge is 0.200 e. The molecule has 2 aromatic rings. The molecule has 0 amide bonds. The van der Waals surface area contributed by atoms with Gasteiger partial charge in [-0.05, 0) is 25.1 Å². The van der Waals surface area contributed by atoms with Crippen molar-refractivity contribution in [3.8, 4) is 11.3 Å². The van der Waals surface area contributed by atoms with Crippen LogP contribution in [0.3, 0.4) is 0 Å². The first-order valence-electron chi connectivity index (χ1n) is 4.75. The molecule has 16 heavy (non-hydrogen) atoms. The molecule has 0 atom stereocenters. The second-order valence-electron chi connectivity index (χ2n) is 3.59. The zero-order valence-corrected chi connectivity index (χ0v) is 9.72. The SMILES string of the molecule is Cc1nc(N)n(C)c1-c1cc(Cl)ccc1F. The van der Waals surface area contributed by atoms with Gasteiger partial charge in [-0.3, -0.25) is 0 Å². The molecule has 0 unspecified atom stereocenters. The van der Waals surface area contributed by atoms with E-state index in [4.69, 9.17) is 17.3 Å². The first kappa shape index (κ1) is 11.0. The van der Waals surface area contributed by atoms with Crippen LogP contribution in [0.1, 0.15) is 5.69 Å². The average Bonchev–Trinajstić information content (AvgIpc) is 2.46. The number of aromatic nitrogens is 2. The van der Waals surface area contributed by atoms with Gasteiger partial charge in [-0.1, -0.05) is 11.6 Å². The average molecular weight is 240 g/mol. The summed E-state index contributed by atoms with van der Waals surface area (Å²) in [4.78, 5) is 4.09. The number of halogens is 2. The number of aryl methyl sites for hydroxylation is 1. The predicted molar refractivity (Wildman–Crippen MR) is 62.8 cm³/mol. The van der Waals surface area contributed by atoms with Gasteiger partial charge in [-0.2, -0.15) is 0 Å². The van der Waals surface area contributed by atoms with Crippen molar-refractivity contribution < 1.29 is 4.39 Å². The quantitative estimate of drug-likeness (QED) is 0.832. The van der Waals surface area contributed by atoms with E-state index < -0.39 is 0 Å². The molecule has 0 aliphatic heterocycles. The molecule has 84 valence electrons. The summed E-state index contributed by atoms with van der Waals surface area (Å²) >= 11 is 5.85. The molecule has 1 heterocycles. The first-order chi connectivity index (χ1) is 7.50. The number of imidazole rings is 1. The van der Waals surface area contributed by atoms with Gasteiger partial charge in [-0.25, -0.2) is 9.37 Å². The molecule has 1 aromatic heterocycles. The molecule has 0 bridgehead atoms. The number of nitrogen functional groups attached to an aromatic ring is 1. The summed E-state index contributed by atoms with van der Waals surface area (Å²) in [5.74, 6) is 0.0161. The van der Waals surface area contributed by atoms with Crippen molar-refractivity contribution in [3.05, 3.63) is 34.7 Å². The van der Waals surface area contributed by atoms with Crippen LogP contribution in [-0.2, 0) is 7.05 Å². The second kappa shape index (κ2) is 3.79. The first-order valence-corrected chi connectivity index (χ1v) is 5.12. The summed E-state index contributed by atoms with van der Waals surface area (Å²) in [7, 11) is 1.74. The third-order valence-corrected chi connectivity index (χ3v) is 2.72. The lowest BCUT2D eigenvalue weighted by Gasteiger charge is -2.06. The van der Waals surface area contributed by atoms with E-state index in [0.29, 0.717) is 27.9 Å². The van der Waals surface area contributed by atoms with Crippen LogP contribution in [-0.4, -0.2) is 9.55 Å². The number of anilines is 1. The Balaban J connectivity index is 2.71. The summed E-state index contributed by atoms with van der Waals surface area (Å²) in [6.45, 7) is 1.78. The minimum atomic E-state index is -0.337. The molecule has 3 nitrogen and oxygen atoms in total. The molecule has 0 spiro atoms. The zero-order valence-electron chi connectivity index (χ0n) is 8.96. The fourth-order valence-corrected chi connectivity index (χ4v) is 1.88. The molecule has 1 aromatic carbocycles. The fraction of sp³-hybridized carbons (Fsp3) is 0.182. The number of benzene rings is 1. The third kappa shape index (κ3) is 1.65. The van der Waals surface area contributed by atoms with Crippen LogP contribution < -0.4 is 5.73 Å². The zero-order chi connectivity index (χ0) is 11.9. The Hall–Kier alpha value is -1.55. The number of hydrogen-bond donors (Lipinski definition) is 1. The van der Waals surface area contributed by atoms with Gasteiger partial charge < -0.3 is 10.3 Å². The molecule has 0 aliphatic rings. The lowest BCUT2D eigenvalue weighted by molar-refractivity contribution is 0.629. The summed E-state index contributed by atoms with van der Waals surface area (Å²) in [5.41, 5.74) is 7.41. The normalized spacial score (nSPS) is 10.8. The van der Waals surface area contributed by atoms with Crippen LogP contribution in [0.5, 0.6) is 0 Å². The standard InChI is InChI=1S/C11H11ClFN3/c1-6-10(16(2)11(14)15-6)8-5-7(12)3-4-9(8)13/h3-5H,1-2H3,(H2,14,15). The van der Waals surface area contributed by atoms with E-state index in [2.05, 4.69) is 4.98 Å². The third-order valence-electron chi connectivity index (χ3n) is 2.49. The predicted octanol–water partition coefficient (Wildman–Crippen LogP) is 2.77. The lowest BCUT2D eigenvalue weighted by Crippen LogP contribution is -1.99. The summed E-state index contributed by atoms with van der Waals surface area (Å²) in [6, 6.07) is 4.41. The van der Waals surface area contributed by atoms with E-state index in [1.165, 1.54) is 12.1 Å². The second-order valence-corrected chi connectivity index (χ2v) is 4.02. The Morgan fingerprint density at radius 1 is 1.44 bits per heavy atom. The van der Waals surface area contributed by atoms with E-state index in [9.17, 15) is 4.39 Å². The minimum Gasteiger partial charge on any atom is -0.369 e. The molecule has 0 aliphatic carbocycles. The van der Waals surface area contributed by atoms with Gasteiger partial charge in [-0.15, -0.1) is 0 Å². The maximum atomic E-state index is 13.7. The Kier molecular flexibility index (Phi) is 2.59. The van der Waals surface area contributed by atoms with Crippen molar-refractivity contribution in [2.75, 3.05) is 5.73 Å². The van der Waals surface area contributed by atoms with Gasteiger partial charge in [0.15, 0.2) is 0 Å². The van der Waals surface area contributed by atoms with Gasteiger partial charge >= 0.3 is 0 Å². The van der Waals surface area contributed by atoms with E-state index in [0.717, 1.165) is 0 Å². The summed E-state index contributed by atoms with van der Waals surface area (Å²) < 4.78 is 15.3. The molecule has 0 radical (unpaired) electrons. The molecule has 0 saturated carbocycles. The van der Waals surface area contributed by atoms with Gasteiger partial charge in [0.1, 0.15) is 5.82 Å².